The molecule has 0 heterocycles. The molecule has 2 aromatic carbocycles. The largest absolute Gasteiger partial charge is 0.496 e. The monoisotopic (exact) mass is 405 g/mol. The van der Waals surface area contributed by atoms with Gasteiger partial charge in [-0.25, -0.2) is 14.3 Å². The lowest BCUT2D eigenvalue weighted by atomic mass is 9.85. The highest BCUT2D eigenvalue weighted by atomic mass is 19.3. The number of nitrogens with one attached hydrogen (secondary N) is 1. The molecule has 2 aromatic rings. The first-order valence-corrected chi connectivity index (χ1v) is 9.15. The van der Waals surface area contributed by atoms with Crippen LogP contribution in [0, 0.1) is 5.92 Å². The molecule has 0 aliphatic carbocycles. The second-order valence-corrected chi connectivity index (χ2v) is 6.86. The van der Waals surface area contributed by atoms with Crippen molar-refractivity contribution in [3.63, 3.8) is 0 Å². The van der Waals surface area contributed by atoms with Gasteiger partial charge in [-0.05, 0) is 37.0 Å². The predicted molar refractivity (Wildman–Crippen MR) is 107 cm³/mol. The summed E-state index contributed by atoms with van der Waals surface area (Å²) in [6, 6.07) is 15.4. The fraction of sp³-hybridized carbons (Fsp3) is 0.318. The molecule has 0 spiro atoms. The number of alkyl halides is 2. The molecule has 1 amide bonds. The third-order valence-corrected chi connectivity index (χ3v) is 4.83. The lowest BCUT2D eigenvalue weighted by molar-refractivity contribution is -0.159. The van der Waals surface area contributed by atoms with Crippen LogP contribution in [0.5, 0.6) is 5.75 Å². The van der Waals surface area contributed by atoms with Gasteiger partial charge < -0.3 is 9.84 Å². The average molecular weight is 405 g/mol. The number of hydrogen-bond donors (Lipinski definition) is 3. The number of hydrogen-bond acceptors (Lipinski definition) is 4. The third-order valence-electron chi connectivity index (χ3n) is 4.83. The second-order valence-electron chi connectivity index (χ2n) is 6.86. The minimum Gasteiger partial charge on any atom is -0.496 e. The van der Waals surface area contributed by atoms with E-state index >= 15 is 0 Å². The molecule has 2 rings (SSSR count). The zero-order valence-corrected chi connectivity index (χ0v) is 16.3. The Morgan fingerprint density at radius 3 is 2.45 bits per heavy atom. The van der Waals surface area contributed by atoms with Gasteiger partial charge in [0.15, 0.2) is 0 Å². The number of carbonyl (C=O) groups excluding carboxylic acids is 1. The van der Waals surface area contributed by atoms with E-state index in [-0.39, 0.29) is 12.8 Å². The highest BCUT2D eigenvalue weighted by Gasteiger charge is 2.44. The number of rotatable bonds is 9. The number of benzene rings is 2. The summed E-state index contributed by atoms with van der Waals surface area (Å²) in [5.41, 5.74) is 1.68. The van der Waals surface area contributed by atoms with E-state index in [1.807, 2.05) is 48.5 Å². The standard InChI is InChI=1S/C22H25F2NO4/c1-22(27,21(23)24)18(20(26)25-28)9-5-3-7-15-11-13-16(14-12-15)17-8-4-6-10-19(17)29-2/h3-4,6-8,10-14,18,21,27-28H,5,9H2,1-2H3,(H,25,26)/b7-3+/t18-,22+/m1/s1. The Hall–Kier alpha value is -2.77. The molecule has 29 heavy (non-hydrogen) atoms. The van der Waals surface area contributed by atoms with Crippen LogP contribution in [0.4, 0.5) is 8.78 Å². The first-order chi connectivity index (χ1) is 13.8. The second kappa shape index (κ2) is 10.1. The van der Waals surface area contributed by atoms with Gasteiger partial charge in [-0.15, -0.1) is 0 Å². The topological polar surface area (TPSA) is 78.8 Å². The van der Waals surface area contributed by atoms with Gasteiger partial charge in [0.05, 0.1) is 13.0 Å². The molecule has 0 radical (unpaired) electrons. The summed E-state index contributed by atoms with van der Waals surface area (Å²) < 4.78 is 31.4. The third kappa shape index (κ3) is 5.62. The molecular formula is C22H25F2NO4. The Kier molecular flexibility index (Phi) is 7.87. The Morgan fingerprint density at radius 1 is 1.21 bits per heavy atom. The minimum absolute atomic E-state index is 0.0421. The maximum atomic E-state index is 13.0. The summed E-state index contributed by atoms with van der Waals surface area (Å²) in [6.07, 6.45) is 0.652. The van der Waals surface area contributed by atoms with Crippen molar-refractivity contribution in [2.24, 2.45) is 5.92 Å². The summed E-state index contributed by atoms with van der Waals surface area (Å²) in [7, 11) is 1.62. The molecule has 0 saturated carbocycles. The van der Waals surface area contributed by atoms with Gasteiger partial charge in [-0.3, -0.25) is 10.0 Å². The van der Waals surface area contributed by atoms with E-state index in [0.29, 0.717) is 0 Å². The zero-order valence-electron chi connectivity index (χ0n) is 16.3. The maximum Gasteiger partial charge on any atom is 0.267 e. The number of amides is 1. The van der Waals surface area contributed by atoms with Crippen LogP contribution >= 0.6 is 0 Å². The van der Waals surface area contributed by atoms with Gasteiger partial charge in [0.25, 0.3) is 6.43 Å². The van der Waals surface area contributed by atoms with Crippen molar-refractivity contribution < 1.29 is 28.6 Å². The first kappa shape index (κ1) is 22.5. The number of methoxy groups -OCH3 is 1. The van der Waals surface area contributed by atoms with Crippen molar-refractivity contribution in [1.82, 2.24) is 5.48 Å². The van der Waals surface area contributed by atoms with Crippen LogP contribution in [0.15, 0.2) is 54.6 Å². The summed E-state index contributed by atoms with van der Waals surface area (Å²) in [6.45, 7) is 0.887. The summed E-state index contributed by atoms with van der Waals surface area (Å²) >= 11 is 0. The van der Waals surface area contributed by atoms with Crippen LogP contribution < -0.4 is 10.2 Å². The van der Waals surface area contributed by atoms with Crippen LogP contribution in [-0.4, -0.2) is 35.4 Å². The number of halogens is 2. The Morgan fingerprint density at radius 2 is 1.86 bits per heavy atom. The number of aliphatic hydroxyl groups is 1. The van der Waals surface area contributed by atoms with Crippen molar-refractivity contribution in [3.8, 4) is 16.9 Å². The summed E-state index contributed by atoms with van der Waals surface area (Å²) in [5.74, 6) is -1.70. The van der Waals surface area contributed by atoms with Gasteiger partial charge in [-0.2, -0.15) is 0 Å². The van der Waals surface area contributed by atoms with Crippen molar-refractivity contribution in [1.29, 1.82) is 0 Å². The Bertz CT molecular complexity index is 835. The molecule has 0 fully saturated rings. The quantitative estimate of drug-likeness (QED) is 0.430. The number of para-hydroxylation sites is 1. The van der Waals surface area contributed by atoms with Crippen molar-refractivity contribution in [2.45, 2.75) is 31.8 Å². The summed E-state index contributed by atoms with van der Waals surface area (Å²) in [5, 5.41) is 18.7. The Balaban J connectivity index is 2.04. The summed E-state index contributed by atoms with van der Waals surface area (Å²) in [4.78, 5) is 11.7. The van der Waals surface area contributed by atoms with E-state index in [0.717, 1.165) is 29.4 Å². The smallest absolute Gasteiger partial charge is 0.267 e. The molecule has 3 N–H and O–H groups in total. The average Bonchev–Trinajstić information content (AvgIpc) is 2.73. The van der Waals surface area contributed by atoms with Crippen molar-refractivity contribution >= 4 is 12.0 Å². The lowest BCUT2D eigenvalue weighted by Crippen LogP contribution is -2.49. The minimum atomic E-state index is -3.11. The Labute approximate surface area is 168 Å². The lowest BCUT2D eigenvalue weighted by Gasteiger charge is -2.30. The van der Waals surface area contributed by atoms with Crippen LogP contribution in [0.2, 0.25) is 0 Å². The first-order valence-electron chi connectivity index (χ1n) is 9.15. The number of hydroxylamine groups is 1. The highest BCUT2D eigenvalue weighted by Crippen LogP contribution is 2.30. The predicted octanol–water partition coefficient (Wildman–Crippen LogP) is 4.29. The van der Waals surface area contributed by atoms with Gasteiger partial charge in [0.1, 0.15) is 11.4 Å². The molecule has 0 aliphatic heterocycles. The zero-order chi connectivity index (χ0) is 21.4. The molecule has 0 unspecified atom stereocenters. The molecular weight excluding hydrogens is 380 g/mol. The van der Waals surface area contributed by atoms with Crippen LogP contribution in [0.1, 0.15) is 25.3 Å². The van der Waals surface area contributed by atoms with E-state index < -0.39 is 23.9 Å². The SMILES string of the molecule is COc1ccccc1-c1ccc(/C=C/CC[C@H](C(=O)NO)[C@](C)(O)C(F)F)cc1. The molecule has 0 aromatic heterocycles. The molecule has 2 atom stereocenters. The normalized spacial score (nSPS) is 14.6. The number of allylic oxidation sites excluding steroid dienone is 1. The van der Waals surface area contributed by atoms with Crippen molar-refractivity contribution in [2.75, 3.05) is 7.11 Å². The van der Waals surface area contributed by atoms with Crippen LogP contribution in [0.25, 0.3) is 17.2 Å². The molecule has 0 aliphatic rings. The number of carbonyl (C=O) groups is 1. The van der Waals surface area contributed by atoms with Crippen LogP contribution in [-0.2, 0) is 4.79 Å². The van der Waals surface area contributed by atoms with E-state index in [4.69, 9.17) is 9.94 Å². The van der Waals surface area contributed by atoms with Gasteiger partial charge in [0, 0.05) is 5.56 Å². The van der Waals surface area contributed by atoms with E-state index in [1.54, 1.807) is 19.3 Å². The molecule has 5 nitrogen and oxygen atoms in total. The van der Waals surface area contributed by atoms with Crippen LogP contribution in [0.3, 0.4) is 0 Å². The molecule has 0 bridgehead atoms. The molecule has 156 valence electrons. The fourth-order valence-corrected chi connectivity index (χ4v) is 3.06. The maximum absolute atomic E-state index is 13.0. The van der Waals surface area contributed by atoms with E-state index in [9.17, 15) is 18.7 Å². The highest BCUT2D eigenvalue weighted by molar-refractivity contribution is 5.78. The van der Waals surface area contributed by atoms with Gasteiger partial charge >= 0.3 is 0 Å². The van der Waals surface area contributed by atoms with E-state index in [2.05, 4.69) is 0 Å². The van der Waals surface area contributed by atoms with Gasteiger partial charge in [-0.1, -0.05) is 54.6 Å². The molecule has 7 heteroatoms. The van der Waals surface area contributed by atoms with Crippen molar-refractivity contribution in [3.05, 3.63) is 60.2 Å². The fourth-order valence-electron chi connectivity index (χ4n) is 3.06. The molecule has 0 saturated heterocycles. The van der Waals surface area contributed by atoms with Gasteiger partial charge in [0.2, 0.25) is 5.91 Å². The van der Waals surface area contributed by atoms with E-state index in [1.165, 1.54) is 5.48 Å². The number of ether oxygens (including phenoxy) is 1.